The molecule has 4 nitrogen and oxygen atoms in total. The molecule has 1 N–H and O–H groups in total. The second-order valence-electron chi connectivity index (χ2n) is 7.40. The molecule has 0 spiro atoms. The van der Waals surface area contributed by atoms with E-state index in [9.17, 15) is 4.79 Å². The smallest absolute Gasteiger partial charge is 0.262 e. The van der Waals surface area contributed by atoms with Crippen LogP contribution in [0.15, 0.2) is 72.8 Å². The van der Waals surface area contributed by atoms with E-state index in [-0.39, 0.29) is 12.5 Å². The molecular formula is C26H24N2O2S. The van der Waals surface area contributed by atoms with Crippen molar-refractivity contribution in [2.45, 2.75) is 20.8 Å². The number of carbonyl (C=O) groups excluding carboxylic acids is 1. The summed E-state index contributed by atoms with van der Waals surface area (Å²) in [5, 5.41) is 3.90. The molecule has 1 amide bonds. The van der Waals surface area contributed by atoms with Crippen molar-refractivity contribution in [3.05, 3.63) is 88.8 Å². The SMILES string of the molecule is Cc1cccc(OCC(=O)Nc2ccc(-c3nc(-c4ccccc4)sc3C)cc2)c1C. The normalized spacial score (nSPS) is 10.7. The molecule has 4 rings (SSSR count). The zero-order valence-corrected chi connectivity index (χ0v) is 18.6. The first-order valence-electron chi connectivity index (χ1n) is 10.1. The number of aromatic nitrogens is 1. The van der Waals surface area contributed by atoms with Crippen molar-refractivity contribution < 1.29 is 9.53 Å². The first-order valence-corrected chi connectivity index (χ1v) is 10.9. The molecule has 0 fully saturated rings. The van der Waals surface area contributed by atoms with Crippen LogP contribution in [0.2, 0.25) is 0 Å². The van der Waals surface area contributed by atoms with Crippen LogP contribution < -0.4 is 10.1 Å². The molecule has 0 saturated heterocycles. The van der Waals surface area contributed by atoms with Crippen LogP contribution in [-0.4, -0.2) is 17.5 Å². The van der Waals surface area contributed by atoms with Crippen molar-refractivity contribution in [1.82, 2.24) is 4.98 Å². The van der Waals surface area contributed by atoms with Gasteiger partial charge in [-0.25, -0.2) is 4.98 Å². The summed E-state index contributed by atoms with van der Waals surface area (Å²) < 4.78 is 5.68. The maximum Gasteiger partial charge on any atom is 0.262 e. The van der Waals surface area contributed by atoms with Crippen LogP contribution >= 0.6 is 11.3 Å². The molecule has 5 heteroatoms. The lowest BCUT2D eigenvalue weighted by Crippen LogP contribution is -2.20. The number of aryl methyl sites for hydroxylation is 2. The summed E-state index contributed by atoms with van der Waals surface area (Å²) in [6.07, 6.45) is 0. The van der Waals surface area contributed by atoms with Gasteiger partial charge in [0.05, 0.1) is 5.69 Å². The van der Waals surface area contributed by atoms with E-state index in [1.165, 1.54) is 0 Å². The van der Waals surface area contributed by atoms with Crippen LogP contribution in [0.3, 0.4) is 0 Å². The molecule has 1 aromatic heterocycles. The van der Waals surface area contributed by atoms with E-state index in [2.05, 4.69) is 24.4 Å². The van der Waals surface area contributed by atoms with Crippen molar-refractivity contribution in [2.24, 2.45) is 0 Å². The van der Waals surface area contributed by atoms with Gasteiger partial charge in [-0.05, 0) is 50.1 Å². The molecular weight excluding hydrogens is 404 g/mol. The third-order valence-electron chi connectivity index (χ3n) is 5.17. The molecule has 1 heterocycles. The second kappa shape index (κ2) is 9.14. The predicted molar refractivity (Wildman–Crippen MR) is 128 cm³/mol. The zero-order valence-electron chi connectivity index (χ0n) is 17.8. The van der Waals surface area contributed by atoms with Crippen molar-refractivity contribution in [3.63, 3.8) is 0 Å². The summed E-state index contributed by atoms with van der Waals surface area (Å²) in [5.41, 5.74) is 6.04. The number of benzene rings is 3. The van der Waals surface area contributed by atoms with Gasteiger partial charge in [0.25, 0.3) is 5.91 Å². The van der Waals surface area contributed by atoms with Crippen LogP contribution in [0.5, 0.6) is 5.75 Å². The van der Waals surface area contributed by atoms with Gasteiger partial charge >= 0.3 is 0 Å². The molecule has 0 radical (unpaired) electrons. The Bertz CT molecular complexity index is 1200. The first-order chi connectivity index (χ1) is 15.0. The van der Waals surface area contributed by atoms with Gasteiger partial charge in [-0.1, -0.05) is 54.6 Å². The van der Waals surface area contributed by atoms with Gasteiger partial charge in [-0.15, -0.1) is 11.3 Å². The Hall–Kier alpha value is -3.44. The minimum atomic E-state index is -0.190. The minimum Gasteiger partial charge on any atom is -0.483 e. The Morgan fingerprint density at radius 1 is 0.903 bits per heavy atom. The number of rotatable bonds is 6. The molecule has 31 heavy (non-hydrogen) atoms. The molecule has 3 aromatic carbocycles. The number of ether oxygens (including phenoxy) is 1. The van der Waals surface area contributed by atoms with E-state index in [1.54, 1.807) is 11.3 Å². The van der Waals surface area contributed by atoms with Gasteiger partial charge < -0.3 is 10.1 Å². The minimum absolute atomic E-state index is 0.0301. The fourth-order valence-electron chi connectivity index (χ4n) is 3.30. The Labute approximate surface area is 186 Å². The first kappa shape index (κ1) is 20.8. The summed E-state index contributed by atoms with van der Waals surface area (Å²) in [5.74, 6) is 0.545. The molecule has 0 unspecified atom stereocenters. The van der Waals surface area contributed by atoms with Crippen LogP contribution in [0.1, 0.15) is 16.0 Å². The maximum atomic E-state index is 12.3. The predicted octanol–water partition coefficient (Wildman–Crippen LogP) is 6.42. The van der Waals surface area contributed by atoms with Gasteiger partial charge in [0, 0.05) is 21.7 Å². The second-order valence-corrected chi connectivity index (χ2v) is 8.61. The van der Waals surface area contributed by atoms with Gasteiger partial charge in [-0.2, -0.15) is 0 Å². The molecule has 0 saturated carbocycles. The standard InChI is InChI=1S/C26H24N2O2S/c1-17-8-7-11-23(18(17)2)30-16-24(29)27-22-14-12-20(13-15-22)25-19(3)31-26(28-25)21-9-5-4-6-10-21/h4-15H,16H2,1-3H3,(H,27,29). The van der Waals surface area contributed by atoms with E-state index in [4.69, 9.17) is 9.72 Å². The summed E-state index contributed by atoms with van der Waals surface area (Å²) in [4.78, 5) is 18.3. The highest BCUT2D eigenvalue weighted by molar-refractivity contribution is 7.15. The van der Waals surface area contributed by atoms with Gasteiger partial charge in [-0.3, -0.25) is 4.79 Å². The molecule has 0 aliphatic rings. The van der Waals surface area contributed by atoms with Crippen molar-refractivity contribution in [1.29, 1.82) is 0 Å². The number of hydrogen-bond acceptors (Lipinski definition) is 4. The maximum absolute atomic E-state index is 12.3. The van der Waals surface area contributed by atoms with Crippen LogP contribution in [0.4, 0.5) is 5.69 Å². The number of anilines is 1. The summed E-state index contributed by atoms with van der Waals surface area (Å²) in [7, 11) is 0. The van der Waals surface area contributed by atoms with Crippen LogP contribution in [0, 0.1) is 20.8 Å². The number of nitrogens with one attached hydrogen (secondary N) is 1. The lowest BCUT2D eigenvalue weighted by atomic mass is 10.1. The summed E-state index contributed by atoms with van der Waals surface area (Å²) in [6.45, 7) is 6.07. The number of hydrogen-bond donors (Lipinski definition) is 1. The fraction of sp³-hybridized carbons (Fsp3) is 0.154. The Morgan fingerprint density at radius 2 is 1.65 bits per heavy atom. The molecule has 0 aliphatic heterocycles. The molecule has 4 aromatic rings. The van der Waals surface area contributed by atoms with Crippen LogP contribution in [0.25, 0.3) is 21.8 Å². The third kappa shape index (κ3) is 4.84. The Kier molecular flexibility index (Phi) is 6.14. The van der Waals surface area contributed by atoms with E-state index in [0.29, 0.717) is 0 Å². The summed E-state index contributed by atoms with van der Waals surface area (Å²) >= 11 is 1.69. The van der Waals surface area contributed by atoms with Gasteiger partial charge in [0.2, 0.25) is 0 Å². The number of amides is 1. The fourth-order valence-corrected chi connectivity index (χ4v) is 4.24. The quantitative estimate of drug-likeness (QED) is 0.385. The van der Waals surface area contributed by atoms with Crippen molar-refractivity contribution >= 4 is 22.9 Å². The van der Waals surface area contributed by atoms with E-state index < -0.39 is 0 Å². The lowest BCUT2D eigenvalue weighted by Gasteiger charge is -2.11. The lowest BCUT2D eigenvalue weighted by molar-refractivity contribution is -0.118. The van der Waals surface area contributed by atoms with Crippen LogP contribution in [-0.2, 0) is 4.79 Å². The van der Waals surface area contributed by atoms with Crippen molar-refractivity contribution in [3.8, 4) is 27.6 Å². The number of carbonyl (C=O) groups is 1. The monoisotopic (exact) mass is 428 g/mol. The number of thiazole rings is 1. The topological polar surface area (TPSA) is 51.2 Å². The Morgan fingerprint density at radius 3 is 2.39 bits per heavy atom. The zero-order chi connectivity index (χ0) is 21.8. The third-order valence-corrected chi connectivity index (χ3v) is 6.19. The van der Waals surface area contributed by atoms with Crippen molar-refractivity contribution in [2.75, 3.05) is 11.9 Å². The van der Waals surface area contributed by atoms with E-state index >= 15 is 0 Å². The molecule has 156 valence electrons. The van der Waals surface area contributed by atoms with E-state index in [1.807, 2.05) is 74.5 Å². The number of nitrogens with zero attached hydrogens (tertiary/aromatic N) is 1. The molecule has 0 atom stereocenters. The Balaban J connectivity index is 1.41. The highest BCUT2D eigenvalue weighted by atomic mass is 32.1. The highest BCUT2D eigenvalue weighted by Gasteiger charge is 2.12. The molecule has 0 aliphatic carbocycles. The van der Waals surface area contributed by atoms with Gasteiger partial charge in [0.15, 0.2) is 6.61 Å². The van der Waals surface area contributed by atoms with Gasteiger partial charge in [0.1, 0.15) is 10.8 Å². The molecule has 0 bridgehead atoms. The summed E-state index contributed by atoms with van der Waals surface area (Å²) in [6, 6.07) is 23.8. The average molecular weight is 429 g/mol. The van der Waals surface area contributed by atoms with E-state index in [0.717, 1.165) is 49.3 Å². The highest BCUT2D eigenvalue weighted by Crippen LogP contribution is 2.33. The largest absolute Gasteiger partial charge is 0.483 e. The average Bonchev–Trinajstić information content (AvgIpc) is 3.17.